The van der Waals surface area contributed by atoms with Crippen LogP contribution in [0.3, 0.4) is 0 Å². The first-order valence-electron chi connectivity index (χ1n) is 7.77. The fraction of sp³-hybridized carbons (Fsp3) is 0.222. The number of aliphatic hydroxyl groups excluding tert-OH is 1. The van der Waals surface area contributed by atoms with Gasteiger partial charge >= 0.3 is 0 Å². The summed E-state index contributed by atoms with van der Waals surface area (Å²) in [5.41, 5.74) is 0.281. The Morgan fingerprint density at radius 2 is 2.16 bits per heavy atom. The molecule has 1 aromatic carbocycles. The Kier molecular flexibility index (Phi) is 4.85. The smallest absolute Gasteiger partial charge is 0.287 e. The molecule has 1 unspecified atom stereocenters. The second kappa shape index (κ2) is 7.23. The third-order valence-electron chi connectivity index (χ3n) is 3.76. The van der Waals surface area contributed by atoms with E-state index in [9.17, 15) is 14.7 Å². The van der Waals surface area contributed by atoms with Crippen molar-refractivity contribution < 1.29 is 19.1 Å². The summed E-state index contributed by atoms with van der Waals surface area (Å²) in [5.74, 6) is 0.223. The van der Waals surface area contributed by atoms with Crippen LogP contribution < -0.4 is 15.6 Å². The zero-order chi connectivity index (χ0) is 17.8. The van der Waals surface area contributed by atoms with E-state index < -0.39 is 12.0 Å². The fourth-order valence-corrected chi connectivity index (χ4v) is 2.51. The Hall–Kier alpha value is -3.06. The van der Waals surface area contributed by atoms with Crippen molar-refractivity contribution in [2.45, 2.75) is 12.6 Å². The number of furan rings is 1. The Balaban J connectivity index is 1.64. The highest BCUT2D eigenvalue weighted by molar-refractivity contribution is 5.97. The van der Waals surface area contributed by atoms with Gasteiger partial charge in [-0.3, -0.25) is 9.59 Å². The highest BCUT2D eigenvalue weighted by atomic mass is 16.5. The predicted molar refractivity (Wildman–Crippen MR) is 91.8 cm³/mol. The number of aliphatic hydroxyl groups is 1. The minimum atomic E-state index is -0.900. The topological polar surface area (TPSA) is 93.7 Å². The van der Waals surface area contributed by atoms with Crippen LogP contribution in [0.4, 0.5) is 0 Å². The summed E-state index contributed by atoms with van der Waals surface area (Å²) in [6.45, 7) is 0.0856. The molecule has 0 saturated carbocycles. The zero-order valence-corrected chi connectivity index (χ0v) is 13.6. The van der Waals surface area contributed by atoms with Gasteiger partial charge in [-0.25, -0.2) is 0 Å². The van der Waals surface area contributed by atoms with E-state index in [1.165, 1.54) is 17.7 Å². The van der Waals surface area contributed by atoms with Crippen molar-refractivity contribution in [3.8, 4) is 5.75 Å². The lowest BCUT2D eigenvalue weighted by atomic mass is 10.2. The van der Waals surface area contributed by atoms with Gasteiger partial charge in [-0.15, -0.1) is 0 Å². The number of rotatable bonds is 6. The first-order valence-corrected chi connectivity index (χ1v) is 7.77. The quantitative estimate of drug-likeness (QED) is 0.706. The summed E-state index contributed by atoms with van der Waals surface area (Å²) in [6.07, 6.45) is 0.682. The van der Waals surface area contributed by atoms with Gasteiger partial charge in [0, 0.05) is 24.2 Å². The second-order valence-corrected chi connectivity index (χ2v) is 5.54. The lowest BCUT2D eigenvalue weighted by Gasteiger charge is -2.12. The maximum atomic E-state index is 12.2. The standard InChI is InChI=1S/C18H18N2O5/c1-24-14-6-4-5-12-9-15(25-17(12)14)18(23)19-10-13(21)11-20-8-3-2-7-16(20)22/h2-9,13,21H,10-11H2,1H3,(H,19,23). The molecule has 0 fully saturated rings. The lowest BCUT2D eigenvalue weighted by molar-refractivity contribution is 0.0878. The Morgan fingerprint density at radius 1 is 1.32 bits per heavy atom. The normalized spacial score (nSPS) is 12.1. The van der Waals surface area contributed by atoms with E-state index in [1.807, 2.05) is 6.07 Å². The summed E-state index contributed by atoms with van der Waals surface area (Å²) in [4.78, 5) is 23.8. The third-order valence-corrected chi connectivity index (χ3v) is 3.76. The minimum Gasteiger partial charge on any atom is -0.493 e. The Morgan fingerprint density at radius 3 is 2.92 bits per heavy atom. The van der Waals surface area contributed by atoms with Gasteiger partial charge in [-0.1, -0.05) is 18.2 Å². The monoisotopic (exact) mass is 342 g/mol. The summed E-state index contributed by atoms with van der Waals surface area (Å²) in [6, 6.07) is 11.7. The molecule has 7 heteroatoms. The molecule has 0 aliphatic heterocycles. The van der Waals surface area contributed by atoms with Crippen LogP contribution in [0.25, 0.3) is 11.0 Å². The van der Waals surface area contributed by atoms with Crippen LogP contribution in [0.2, 0.25) is 0 Å². The van der Waals surface area contributed by atoms with Gasteiger partial charge in [-0.05, 0) is 18.2 Å². The van der Waals surface area contributed by atoms with Crippen LogP contribution in [0, 0.1) is 0 Å². The molecule has 25 heavy (non-hydrogen) atoms. The minimum absolute atomic E-state index is 0.00561. The summed E-state index contributed by atoms with van der Waals surface area (Å²) in [5, 5.41) is 13.4. The van der Waals surface area contributed by atoms with Gasteiger partial charge in [0.1, 0.15) is 0 Å². The van der Waals surface area contributed by atoms with Crippen LogP contribution in [-0.4, -0.2) is 35.3 Å². The maximum Gasteiger partial charge on any atom is 0.287 e. The molecular formula is C18H18N2O5. The molecule has 3 rings (SSSR count). The highest BCUT2D eigenvalue weighted by Gasteiger charge is 2.16. The molecule has 3 aromatic rings. The van der Waals surface area contributed by atoms with Gasteiger partial charge in [0.25, 0.3) is 11.5 Å². The van der Waals surface area contributed by atoms with Crippen LogP contribution in [0.15, 0.2) is 57.9 Å². The first kappa shape index (κ1) is 16.8. The number of pyridine rings is 1. The molecule has 7 nitrogen and oxygen atoms in total. The van der Waals surface area contributed by atoms with E-state index in [0.717, 1.165) is 5.39 Å². The summed E-state index contributed by atoms with van der Waals surface area (Å²) in [7, 11) is 1.53. The molecule has 0 saturated heterocycles. The van der Waals surface area contributed by atoms with Gasteiger partial charge in [0.15, 0.2) is 17.1 Å². The van der Waals surface area contributed by atoms with E-state index in [0.29, 0.717) is 11.3 Å². The van der Waals surface area contributed by atoms with Crippen molar-refractivity contribution in [1.29, 1.82) is 0 Å². The molecule has 130 valence electrons. The SMILES string of the molecule is COc1cccc2cc(C(=O)NCC(O)Cn3ccccc3=O)oc12. The molecule has 0 aliphatic rings. The van der Waals surface area contributed by atoms with E-state index in [4.69, 9.17) is 9.15 Å². The molecule has 0 aliphatic carbocycles. The number of nitrogens with one attached hydrogen (secondary N) is 1. The number of carbonyl (C=O) groups is 1. The van der Waals surface area contributed by atoms with Crippen LogP contribution in [0.5, 0.6) is 5.75 Å². The summed E-state index contributed by atoms with van der Waals surface area (Å²) >= 11 is 0. The fourth-order valence-electron chi connectivity index (χ4n) is 2.51. The van der Waals surface area contributed by atoms with Crippen molar-refractivity contribution in [3.05, 3.63) is 64.8 Å². The van der Waals surface area contributed by atoms with Crippen LogP contribution in [-0.2, 0) is 6.54 Å². The summed E-state index contributed by atoms with van der Waals surface area (Å²) < 4.78 is 12.1. The number of hydrogen-bond donors (Lipinski definition) is 2. The number of methoxy groups -OCH3 is 1. The molecule has 2 aromatic heterocycles. The number of nitrogens with zero attached hydrogens (tertiary/aromatic N) is 1. The maximum absolute atomic E-state index is 12.2. The van der Waals surface area contributed by atoms with Crippen molar-refractivity contribution in [1.82, 2.24) is 9.88 Å². The first-order chi connectivity index (χ1) is 12.1. The van der Waals surface area contributed by atoms with Crippen LogP contribution >= 0.6 is 0 Å². The number of fused-ring (bicyclic) bond motifs is 1. The number of carbonyl (C=O) groups excluding carboxylic acids is 1. The van der Waals surface area contributed by atoms with Gasteiger partial charge in [0.05, 0.1) is 19.8 Å². The highest BCUT2D eigenvalue weighted by Crippen LogP contribution is 2.28. The Bertz CT molecular complexity index is 944. The van der Waals surface area contributed by atoms with Gasteiger partial charge < -0.3 is 24.1 Å². The van der Waals surface area contributed by atoms with E-state index in [1.54, 1.807) is 36.5 Å². The Labute approximate surface area is 143 Å². The van der Waals surface area contributed by atoms with Crippen molar-refractivity contribution in [2.75, 3.05) is 13.7 Å². The third kappa shape index (κ3) is 3.72. The number of hydrogen-bond acceptors (Lipinski definition) is 5. The van der Waals surface area contributed by atoms with E-state index >= 15 is 0 Å². The van der Waals surface area contributed by atoms with Crippen molar-refractivity contribution in [2.24, 2.45) is 0 Å². The number of amides is 1. The largest absolute Gasteiger partial charge is 0.493 e. The lowest BCUT2D eigenvalue weighted by Crippen LogP contribution is -2.36. The van der Waals surface area contributed by atoms with Gasteiger partial charge in [-0.2, -0.15) is 0 Å². The predicted octanol–water partition coefficient (Wildman–Crippen LogP) is 1.39. The molecular weight excluding hydrogens is 324 g/mol. The second-order valence-electron chi connectivity index (χ2n) is 5.54. The molecule has 1 amide bonds. The van der Waals surface area contributed by atoms with Crippen molar-refractivity contribution in [3.63, 3.8) is 0 Å². The molecule has 0 bridgehead atoms. The number of aromatic nitrogens is 1. The molecule has 0 spiro atoms. The van der Waals surface area contributed by atoms with Crippen LogP contribution in [0.1, 0.15) is 10.6 Å². The number of benzene rings is 1. The molecule has 2 heterocycles. The van der Waals surface area contributed by atoms with Gasteiger partial charge in [0.2, 0.25) is 0 Å². The molecule has 2 N–H and O–H groups in total. The van der Waals surface area contributed by atoms with E-state index in [2.05, 4.69) is 5.32 Å². The number of ether oxygens (including phenoxy) is 1. The average molecular weight is 342 g/mol. The average Bonchev–Trinajstić information content (AvgIpc) is 3.06. The molecule has 1 atom stereocenters. The number of para-hydroxylation sites is 1. The van der Waals surface area contributed by atoms with E-state index in [-0.39, 0.29) is 24.4 Å². The zero-order valence-electron chi connectivity index (χ0n) is 13.6. The molecule has 0 radical (unpaired) electrons. The van der Waals surface area contributed by atoms with Crippen molar-refractivity contribution >= 4 is 16.9 Å².